The van der Waals surface area contributed by atoms with Crippen molar-refractivity contribution in [3.63, 3.8) is 0 Å². The molecule has 0 saturated carbocycles. The van der Waals surface area contributed by atoms with Crippen LogP contribution < -0.4 is 0 Å². The van der Waals surface area contributed by atoms with Crippen LogP contribution in [0.4, 0.5) is 26.3 Å². The predicted molar refractivity (Wildman–Crippen MR) is 66.0 cm³/mol. The Hall–Kier alpha value is 0.111. The number of hydrogen-bond acceptors (Lipinski definition) is 3. The third-order valence-corrected chi connectivity index (χ3v) is 14.0. The summed E-state index contributed by atoms with van der Waals surface area (Å²) in [7, 11) is -7.70. The highest BCUT2D eigenvalue weighted by Gasteiger charge is 2.50. The fourth-order valence-corrected chi connectivity index (χ4v) is 13.2. The highest BCUT2D eigenvalue weighted by Crippen LogP contribution is 2.36. The molecule has 20 heavy (non-hydrogen) atoms. The first-order valence-electron chi connectivity index (χ1n) is 5.94. The molecule has 0 aromatic carbocycles. The molecule has 0 unspecified atom stereocenters. The molecule has 1 aliphatic rings. The topological polar surface area (TPSA) is 27.7 Å². The lowest BCUT2D eigenvalue weighted by atomic mass is 10.5. The van der Waals surface area contributed by atoms with E-state index in [0.29, 0.717) is 0 Å². The van der Waals surface area contributed by atoms with Crippen LogP contribution in [0.3, 0.4) is 0 Å². The van der Waals surface area contributed by atoms with Crippen LogP contribution in [0, 0.1) is 0 Å². The van der Waals surface area contributed by atoms with Crippen LogP contribution in [0.15, 0.2) is 0 Å². The van der Waals surface area contributed by atoms with E-state index < -0.39 is 64.4 Å². The van der Waals surface area contributed by atoms with Gasteiger partial charge in [0.05, 0.1) is 0 Å². The number of alkyl halides is 6. The lowest BCUT2D eigenvalue weighted by molar-refractivity contribution is -0.133. The predicted octanol–water partition coefficient (Wildman–Crippen LogP) is 3.10. The minimum absolute atomic E-state index is 0.501. The Labute approximate surface area is 117 Å². The van der Waals surface area contributed by atoms with Gasteiger partial charge in [0.1, 0.15) is 0 Å². The van der Waals surface area contributed by atoms with E-state index >= 15 is 0 Å². The van der Waals surface area contributed by atoms with Crippen molar-refractivity contribution >= 4 is 27.1 Å². The lowest BCUT2D eigenvalue weighted by Crippen LogP contribution is -2.59. The second-order valence-corrected chi connectivity index (χ2v) is 14.0. The normalized spacial score (nSPS) is 24.0. The van der Waals surface area contributed by atoms with E-state index in [1.165, 1.54) is 0 Å². The van der Waals surface area contributed by atoms with Crippen molar-refractivity contribution in [2.75, 3.05) is 0 Å². The van der Waals surface area contributed by atoms with Gasteiger partial charge in [0.15, 0.2) is 0 Å². The third kappa shape index (κ3) is 6.71. The SMILES string of the molecule is C[Si]1(C)O[SiH2]O[Si](CCC(F)(F)F)(CCC(F)(F)F)O1. The van der Waals surface area contributed by atoms with Crippen molar-refractivity contribution in [2.45, 2.75) is 50.4 Å². The monoisotopic (exact) mass is 358 g/mol. The zero-order valence-electron chi connectivity index (χ0n) is 11.0. The molecule has 120 valence electrons. The Morgan fingerprint density at radius 2 is 1.30 bits per heavy atom. The molecule has 1 saturated heterocycles. The summed E-state index contributed by atoms with van der Waals surface area (Å²) < 4.78 is 90.0. The first-order valence-corrected chi connectivity index (χ1v) is 12.1. The fourth-order valence-electron chi connectivity index (χ4n) is 1.82. The van der Waals surface area contributed by atoms with E-state index in [9.17, 15) is 26.3 Å². The summed E-state index contributed by atoms with van der Waals surface area (Å²) in [5, 5.41) is 0. The molecule has 0 aliphatic carbocycles. The molecule has 1 fully saturated rings. The molecule has 1 rings (SSSR count). The smallest absolute Gasteiger partial charge is 0.389 e. The van der Waals surface area contributed by atoms with Gasteiger partial charge in [-0.1, -0.05) is 0 Å². The van der Waals surface area contributed by atoms with Gasteiger partial charge >= 0.3 is 29.5 Å². The summed E-state index contributed by atoms with van der Waals surface area (Å²) >= 11 is 0. The summed E-state index contributed by atoms with van der Waals surface area (Å²) in [5.41, 5.74) is 0. The van der Waals surface area contributed by atoms with E-state index in [1.807, 2.05) is 0 Å². The van der Waals surface area contributed by atoms with E-state index in [0.717, 1.165) is 0 Å². The van der Waals surface area contributed by atoms with Crippen molar-refractivity contribution in [3.05, 3.63) is 0 Å². The van der Waals surface area contributed by atoms with Gasteiger partial charge in [-0.3, -0.25) is 0 Å². The van der Waals surface area contributed by atoms with Crippen molar-refractivity contribution in [1.82, 2.24) is 0 Å². The number of halogens is 6. The molecular weight excluding hydrogens is 342 g/mol. The summed E-state index contributed by atoms with van der Waals surface area (Å²) in [6.07, 6.45) is -11.2. The fraction of sp³-hybridized carbons (Fsp3) is 1.00. The largest absolute Gasteiger partial charge is 0.420 e. The quantitative estimate of drug-likeness (QED) is 0.571. The van der Waals surface area contributed by atoms with Gasteiger partial charge < -0.3 is 12.3 Å². The van der Waals surface area contributed by atoms with E-state index in [-0.39, 0.29) is 0 Å². The van der Waals surface area contributed by atoms with Gasteiger partial charge in [-0.25, -0.2) is 0 Å². The third-order valence-electron chi connectivity index (χ3n) is 2.74. The molecule has 0 bridgehead atoms. The standard InChI is InChI=1S/C8H16F6O3Si3/c1-19(2)15-18-16-20(17-19,5-3-7(9,10)11)6-4-8(12,13)14/h3-6,18H2,1-2H3. The van der Waals surface area contributed by atoms with E-state index in [4.69, 9.17) is 12.3 Å². The van der Waals surface area contributed by atoms with Crippen molar-refractivity contribution in [3.8, 4) is 0 Å². The summed E-state index contributed by atoms with van der Waals surface area (Å²) in [5.74, 6) is 0. The summed E-state index contributed by atoms with van der Waals surface area (Å²) in [4.78, 5) is 0. The molecule has 1 heterocycles. The molecule has 0 radical (unpaired) electrons. The van der Waals surface area contributed by atoms with Gasteiger partial charge in [0, 0.05) is 12.8 Å². The maximum absolute atomic E-state index is 12.3. The summed E-state index contributed by atoms with van der Waals surface area (Å²) in [6, 6.07) is -1.00. The van der Waals surface area contributed by atoms with Crippen LogP contribution in [-0.2, 0) is 12.3 Å². The van der Waals surface area contributed by atoms with Crippen LogP contribution in [-0.4, -0.2) is 39.5 Å². The van der Waals surface area contributed by atoms with Gasteiger partial charge in [0.25, 0.3) is 10.0 Å². The Morgan fingerprint density at radius 1 is 0.850 bits per heavy atom. The van der Waals surface area contributed by atoms with E-state index in [1.54, 1.807) is 13.1 Å². The van der Waals surface area contributed by atoms with Crippen molar-refractivity contribution < 1.29 is 38.7 Å². The van der Waals surface area contributed by atoms with Crippen LogP contribution in [0.2, 0.25) is 25.2 Å². The van der Waals surface area contributed by atoms with Crippen molar-refractivity contribution in [1.29, 1.82) is 0 Å². The molecule has 0 aromatic rings. The highest BCUT2D eigenvalue weighted by atomic mass is 28.5. The Kier molecular flexibility index (Phi) is 5.52. The second kappa shape index (κ2) is 6.08. The Morgan fingerprint density at radius 3 is 1.65 bits per heavy atom. The minimum atomic E-state index is -4.43. The summed E-state index contributed by atoms with van der Waals surface area (Å²) in [6.45, 7) is 3.23. The van der Waals surface area contributed by atoms with E-state index in [2.05, 4.69) is 0 Å². The second-order valence-electron chi connectivity index (χ2n) is 5.05. The molecule has 0 amide bonds. The highest BCUT2D eigenvalue weighted by molar-refractivity contribution is 6.86. The zero-order chi connectivity index (χ0) is 15.7. The number of hydrogen-bond donors (Lipinski definition) is 0. The van der Waals surface area contributed by atoms with Crippen LogP contribution in [0.1, 0.15) is 12.8 Å². The lowest BCUT2D eigenvalue weighted by Gasteiger charge is -2.43. The maximum atomic E-state index is 12.3. The molecule has 0 spiro atoms. The van der Waals surface area contributed by atoms with Crippen molar-refractivity contribution in [2.24, 2.45) is 0 Å². The minimum Gasteiger partial charge on any atom is -0.420 e. The molecular formula is C8H16F6O3Si3. The molecule has 3 nitrogen and oxygen atoms in total. The molecule has 12 heteroatoms. The first kappa shape index (κ1) is 18.2. The van der Waals surface area contributed by atoms with Crippen LogP contribution in [0.25, 0.3) is 0 Å². The maximum Gasteiger partial charge on any atom is 0.389 e. The molecule has 0 aromatic heterocycles. The van der Waals surface area contributed by atoms with Gasteiger partial charge in [-0.05, 0) is 25.2 Å². The number of rotatable bonds is 4. The van der Waals surface area contributed by atoms with Gasteiger partial charge in [0.2, 0.25) is 0 Å². The van der Waals surface area contributed by atoms with Crippen LogP contribution in [0.5, 0.6) is 0 Å². The molecule has 0 N–H and O–H groups in total. The zero-order valence-corrected chi connectivity index (χ0v) is 14.4. The Balaban J connectivity index is 2.77. The Bertz CT molecular complexity index is 314. The first-order chi connectivity index (χ1) is 8.83. The molecule has 1 aliphatic heterocycles. The average molecular weight is 358 g/mol. The average Bonchev–Trinajstić information content (AvgIpc) is 2.21. The van der Waals surface area contributed by atoms with Crippen LogP contribution >= 0.6 is 0 Å². The molecule has 0 atom stereocenters. The van der Waals surface area contributed by atoms with Gasteiger partial charge in [-0.2, -0.15) is 26.3 Å². The van der Waals surface area contributed by atoms with Gasteiger partial charge in [-0.15, -0.1) is 0 Å².